The van der Waals surface area contributed by atoms with Crippen LogP contribution >= 0.6 is 0 Å². The molecule has 1 aromatic carbocycles. The number of para-hydroxylation sites is 1. The van der Waals surface area contributed by atoms with E-state index in [1.54, 1.807) is 4.68 Å². The maximum absolute atomic E-state index is 12.5. The van der Waals surface area contributed by atoms with Gasteiger partial charge in [-0.05, 0) is 43.6 Å². The monoisotopic (exact) mass is 343 g/mol. The third kappa shape index (κ3) is 3.04. The highest BCUT2D eigenvalue weighted by molar-refractivity contribution is 5.83. The first-order chi connectivity index (χ1) is 12.3. The van der Waals surface area contributed by atoms with Gasteiger partial charge in [0.15, 0.2) is 0 Å². The summed E-state index contributed by atoms with van der Waals surface area (Å²) in [6.07, 6.45) is 2.69. The molecule has 2 aromatic heterocycles. The van der Waals surface area contributed by atoms with Crippen molar-refractivity contribution < 1.29 is 8.91 Å². The molecule has 1 aliphatic rings. The lowest BCUT2D eigenvalue weighted by Crippen LogP contribution is -2.34. The summed E-state index contributed by atoms with van der Waals surface area (Å²) in [5.74, 6) is 1.38. The molecule has 0 N–H and O–H groups in total. The zero-order valence-corrected chi connectivity index (χ0v) is 14.4. The fourth-order valence-electron chi connectivity index (χ4n) is 3.55. The number of rotatable bonds is 5. The van der Waals surface area contributed by atoms with Crippen LogP contribution in [-0.2, 0) is 6.42 Å². The molecule has 132 valence electrons. The number of likely N-dealkylation sites (tertiary alicyclic amines) is 1. The van der Waals surface area contributed by atoms with Crippen molar-refractivity contribution in [1.29, 1.82) is 0 Å². The van der Waals surface area contributed by atoms with E-state index >= 15 is 0 Å². The van der Waals surface area contributed by atoms with Gasteiger partial charge in [-0.2, -0.15) is 14.8 Å². The number of aryl methyl sites for hydroxylation is 1. The van der Waals surface area contributed by atoms with Crippen LogP contribution in [0.5, 0.6) is 0 Å². The number of aromatic nitrogens is 4. The number of fused-ring (bicyclic) bond motifs is 1. The van der Waals surface area contributed by atoms with Crippen molar-refractivity contribution in [2.24, 2.45) is 0 Å². The molecule has 0 atom stereocenters. The molecule has 0 amide bonds. The number of hydrogen-bond acceptors (Lipinski definition) is 5. The molecule has 1 fully saturated rings. The summed E-state index contributed by atoms with van der Waals surface area (Å²) in [4.78, 5) is 6.74. The molecule has 0 aliphatic carbocycles. The van der Waals surface area contributed by atoms with Crippen molar-refractivity contribution in [2.75, 3.05) is 26.3 Å². The summed E-state index contributed by atoms with van der Waals surface area (Å²) in [7, 11) is 0. The number of halogens is 1. The van der Waals surface area contributed by atoms with E-state index in [0.29, 0.717) is 18.4 Å². The van der Waals surface area contributed by atoms with E-state index in [0.717, 1.165) is 48.9 Å². The lowest BCUT2D eigenvalue weighted by atomic mass is 9.97. The van der Waals surface area contributed by atoms with Crippen molar-refractivity contribution in [3.05, 3.63) is 35.9 Å². The minimum Gasteiger partial charge on any atom is -0.337 e. The highest BCUT2D eigenvalue weighted by Crippen LogP contribution is 2.28. The molecule has 1 aliphatic heterocycles. The van der Waals surface area contributed by atoms with Gasteiger partial charge < -0.3 is 9.42 Å². The fourth-order valence-corrected chi connectivity index (χ4v) is 3.55. The summed E-state index contributed by atoms with van der Waals surface area (Å²) in [5.41, 5.74) is 2.02. The first kappa shape index (κ1) is 16.2. The van der Waals surface area contributed by atoms with Gasteiger partial charge in [0.1, 0.15) is 6.67 Å². The van der Waals surface area contributed by atoms with Gasteiger partial charge in [0.2, 0.25) is 5.89 Å². The zero-order chi connectivity index (χ0) is 17.2. The van der Waals surface area contributed by atoms with E-state index in [4.69, 9.17) is 4.52 Å². The average molecular weight is 343 g/mol. The van der Waals surface area contributed by atoms with E-state index in [1.807, 2.05) is 18.2 Å². The molecule has 1 saturated heterocycles. The predicted molar refractivity (Wildman–Crippen MR) is 92.7 cm³/mol. The Hall–Kier alpha value is -2.28. The molecular weight excluding hydrogens is 321 g/mol. The number of piperidine rings is 1. The Morgan fingerprint density at radius 3 is 2.80 bits per heavy atom. The highest BCUT2D eigenvalue weighted by atomic mass is 19.1. The molecule has 6 nitrogen and oxygen atoms in total. The molecule has 7 heteroatoms. The number of alkyl halides is 1. The first-order valence-corrected chi connectivity index (χ1v) is 8.89. The van der Waals surface area contributed by atoms with Crippen LogP contribution in [0.4, 0.5) is 4.39 Å². The Morgan fingerprint density at radius 2 is 2.04 bits per heavy atom. The van der Waals surface area contributed by atoms with Crippen LogP contribution < -0.4 is 0 Å². The van der Waals surface area contributed by atoms with E-state index in [2.05, 4.69) is 33.1 Å². The molecule has 3 aromatic rings. The molecule has 4 rings (SSSR count). The van der Waals surface area contributed by atoms with Crippen LogP contribution in [0.1, 0.15) is 37.3 Å². The summed E-state index contributed by atoms with van der Waals surface area (Å²) < 4.78 is 19.7. The van der Waals surface area contributed by atoms with Crippen LogP contribution in [0.25, 0.3) is 16.9 Å². The van der Waals surface area contributed by atoms with Crippen molar-refractivity contribution in [2.45, 2.75) is 32.1 Å². The summed E-state index contributed by atoms with van der Waals surface area (Å²) >= 11 is 0. The molecule has 0 saturated carbocycles. The topological polar surface area (TPSA) is 60.0 Å². The average Bonchev–Trinajstić information content (AvgIpc) is 3.27. The maximum Gasteiger partial charge on any atom is 0.291 e. The summed E-state index contributed by atoms with van der Waals surface area (Å²) in [5, 5.41) is 9.93. The SMILES string of the molecule is CCc1nn(-c2noc(C3CCN(CCF)CC3)n2)c2ccccc12. The van der Waals surface area contributed by atoms with Crippen molar-refractivity contribution in [3.8, 4) is 5.95 Å². The number of hydrogen-bond donors (Lipinski definition) is 0. The van der Waals surface area contributed by atoms with Crippen LogP contribution in [-0.4, -0.2) is 51.1 Å². The van der Waals surface area contributed by atoms with Gasteiger partial charge in [0.25, 0.3) is 5.95 Å². The van der Waals surface area contributed by atoms with Gasteiger partial charge in [-0.3, -0.25) is 0 Å². The van der Waals surface area contributed by atoms with E-state index in [-0.39, 0.29) is 12.6 Å². The Kier molecular flexibility index (Phi) is 4.48. The van der Waals surface area contributed by atoms with Gasteiger partial charge in [0.05, 0.1) is 11.2 Å². The van der Waals surface area contributed by atoms with Gasteiger partial charge in [-0.15, -0.1) is 0 Å². The third-order valence-corrected chi connectivity index (χ3v) is 4.96. The second-order valence-corrected chi connectivity index (χ2v) is 6.47. The Labute approximate surface area is 145 Å². The largest absolute Gasteiger partial charge is 0.337 e. The van der Waals surface area contributed by atoms with Crippen molar-refractivity contribution in [1.82, 2.24) is 24.8 Å². The molecule has 0 spiro atoms. The summed E-state index contributed by atoms with van der Waals surface area (Å²) in [6.45, 7) is 4.06. The Balaban J connectivity index is 1.58. The van der Waals surface area contributed by atoms with Crippen molar-refractivity contribution >= 4 is 10.9 Å². The van der Waals surface area contributed by atoms with E-state index in [9.17, 15) is 4.39 Å². The van der Waals surface area contributed by atoms with Gasteiger partial charge in [0, 0.05) is 17.8 Å². The zero-order valence-electron chi connectivity index (χ0n) is 14.4. The molecule has 3 heterocycles. The standard InChI is InChI=1S/C18H22FN5O/c1-2-15-14-5-3-4-6-16(14)24(21-15)18-20-17(25-22-18)13-7-10-23(11-8-13)12-9-19/h3-6,13H,2,7-12H2,1H3. The minimum atomic E-state index is -0.290. The maximum atomic E-state index is 12.5. The van der Waals surface area contributed by atoms with Crippen molar-refractivity contribution in [3.63, 3.8) is 0 Å². The lowest BCUT2D eigenvalue weighted by Gasteiger charge is -2.29. The number of benzene rings is 1. The fraction of sp³-hybridized carbons (Fsp3) is 0.500. The lowest BCUT2D eigenvalue weighted by molar-refractivity contribution is 0.182. The third-order valence-electron chi connectivity index (χ3n) is 4.96. The minimum absolute atomic E-state index is 0.240. The Bertz CT molecular complexity index is 850. The summed E-state index contributed by atoms with van der Waals surface area (Å²) in [6, 6.07) is 8.09. The van der Waals surface area contributed by atoms with Gasteiger partial charge >= 0.3 is 0 Å². The normalized spacial score (nSPS) is 16.7. The van der Waals surface area contributed by atoms with Gasteiger partial charge in [-0.1, -0.05) is 25.1 Å². The van der Waals surface area contributed by atoms with Gasteiger partial charge in [-0.25, -0.2) is 4.39 Å². The van der Waals surface area contributed by atoms with E-state index < -0.39 is 0 Å². The van der Waals surface area contributed by atoms with Crippen LogP contribution in [0.3, 0.4) is 0 Å². The first-order valence-electron chi connectivity index (χ1n) is 8.89. The molecule has 0 radical (unpaired) electrons. The second kappa shape index (κ2) is 6.92. The van der Waals surface area contributed by atoms with Crippen LogP contribution in [0, 0.1) is 0 Å². The highest BCUT2D eigenvalue weighted by Gasteiger charge is 2.26. The Morgan fingerprint density at radius 1 is 1.24 bits per heavy atom. The molecule has 0 bridgehead atoms. The molecule has 25 heavy (non-hydrogen) atoms. The van der Waals surface area contributed by atoms with Crippen LogP contribution in [0.2, 0.25) is 0 Å². The van der Waals surface area contributed by atoms with Crippen LogP contribution in [0.15, 0.2) is 28.8 Å². The second-order valence-electron chi connectivity index (χ2n) is 6.47. The number of nitrogens with zero attached hydrogens (tertiary/aromatic N) is 5. The molecule has 0 unspecified atom stereocenters. The quantitative estimate of drug-likeness (QED) is 0.712. The smallest absolute Gasteiger partial charge is 0.291 e. The molecular formula is C18H22FN5O. The predicted octanol–water partition coefficient (Wildman–Crippen LogP) is 3.12. The van der Waals surface area contributed by atoms with E-state index in [1.165, 1.54) is 0 Å².